The van der Waals surface area contributed by atoms with E-state index < -0.39 is 24.5 Å². The molecule has 30 heavy (non-hydrogen) atoms. The average Bonchev–Trinajstić information content (AvgIpc) is 3.41. The van der Waals surface area contributed by atoms with Gasteiger partial charge in [0.1, 0.15) is 6.54 Å². The predicted octanol–water partition coefficient (Wildman–Crippen LogP) is 2.90. The van der Waals surface area contributed by atoms with Crippen LogP contribution in [0.25, 0.3) is 0 Å². The molecule has 1 aliphatic rings. The van der Waals surface area contributed by atoms with Gasteiger partial charge in [-0.2, -0.15) is 0 Å². The summed E-state index contributed by atoms with van der Waals surface area (Å²) >= 11 is 1.27. The van der Waals surface area contributed by atoms with Gasteiger partial charge in [-0.3, -0.25) is 19.7 Å². The Morgan fingerprint density at radius 1 is 1.13 bits per heavy atom. The van der Waals surface area contributed by atoms with E-state index in [-0.39, 0.29) is 18.1 Å². The summed E-state index contributed by atoms with van der Waals surface area (Å²) in [4.78, 5) is 51.9. The maximum Gasteiger partial charge on any atom is 0.325 e. The van der Waals surface area contributed by atoms with Gasteiger partial charge < -0.3 is 15.7 Å². The highest BCUT2D eigenvalue weighted by Crippen LogP contribution is 2.31. The van der Waals surface area contributed by atoms with Crippen LogP contribution in [-0.4, -0.2) is 40.3 Å². The second-order valence-corrected chi connectivity index (χ2v) is 7.88. The van der Waals surface area contributed by atoms with Gasteiger partial charge in [-0.15, -0.1) is 11.3 Å². The van der Waals surface area contributed by atoms with Crippen LogP contribution in [0.1, 0.15) is 41.6 Å². The van der Waals surface area contributed by atoms with Gasteiger partial charge in [0.15, 0.2) is 10.9 Å². The number of aromatic nitrogens is 1. The van der Waals surface area contributed by atoms with Crippen LogP contribution in [-0.2, 0) is 16.0 Å². The van der Waals surface area contributed by atoms with Gasteiger partial charge >= 0.3 is 12.0 Å². The molecule has 10 heteroatoms. The third-order valence-electron chi connectivity index (χ3n) is 4.78. The Balaban J connectivity index is 1.78. The Hall–Kier alpha value is -3.27. The van der Waals surface area contributed by atoms with Gasteiger partial charge in [0.2, 0.25) is 5.91 Å². The summed E-state index contributed by atoms with van der Waals surface area (Å²) < 4.78 is 0. The van der Waals surface area contributed by atoms with Gasteiger partial charge in [-0.1, -0.05) is 18.9 Å². The first kappa shape index (κ1) is 21.4. The minimum absolute atomic E-state index is 0.0650. The zero-order valence-corrected chi connectivity index (χ0v) is 17.0. The van der Waals surface area contributed by atoms with Crippen molar-refractivity contribution >= 4 is 45.8 Å². The summed E-state index contributed by atoms with van der Waals surface area (Å²) in [6.45, 7) is -0.469. The highest BCUT2D eigenvalue weighted by Gasteiger charge is 2.26. The van der Waals surface area contributed by atoms with Crippen LogP contribution in [0.3, 0.4) is 0 Å². The van der Waals surface area contributed by atoms with Crippen molar-refractivity contribution in [3.63, 3.8) is 0 Å². The van der Waals surface area contributed by atoms with Gasteiger partial charge in [0.25, 0.3) is 0 Å². The number of hydrogen-bond donors (Lipinski definition) is 4. The third kappa shape index (κ3) is 5.86. The van der Waals surface area contributed by atoms with E-state index in [0.29, 0.717) is 21.9 Å². The summed E-state index contributed by atoms with van der Waals surface area (Å²) in [6.07, 6.45) is 5.07. The highest BCUT2D eigenvalue weighted by molar-refractivity contribution is 7.13. The molecule has 1 heterocycles. The monoisotopic (exact) mass is 430 g/mol. The molecule has 1 aromatic carbocycles. The molecule has 0 radical (unpaired) electrons. The second kappa shape index (κ2) is 9.97. The fourth-order valence-corrected chi connectivity index (χ4v) is 3.90. The van der Waals surface area contributed by atoms with Crippen molar-refractivity contribution in [1.82, 2.24) is 10.3 Å². The van der Waals surface area contributed by atoms with E-state index in [0.717, 1.165) is 25.7 Å². The van der Waals surface area contributed by atoms with Crippen LogP contribution >= 0.6 is 11.3 Å². The third-order valence-corrected chi connectivity index (χ3v) is 5.47. The van der Waals surface area contributed by atoms with E-state index in [1.165, 1.54) is 11.3 Å². The lowest BCUT2D eigenvalue weighted by Crippen LogP contribution is -2.30. The molecule has 4 N–H and O–H groups in total. The summed E-state index contributed by atoms with van der Waals surface area (Å²) in [5.74, 6) is -1.77. The Bertz CT molecular complexity index is 939. The topological polar surface area (TPSA) is 137 Å². The van der Waals surface area contributed by atoms with Crippen LogP contribution < -0.4 is 16.0 Å². The SMILES string of the molecule is O=C(O)CNC(=O)Cc1ccc(NC(=O)Nc2nccs2)c(C(=O)C2CCCC2)c1. The number of carbonyl (C=O) groups excluding carboxylic acids is 3. The molecule has 0 unspecified atom stereocenters. The van der Waals surface area contributed by atoms with Crippen molar-refractivity contribution in [3.05, 3.63) is 40.9 Å². The molecule has 1 aliphatic carbocycles. The van der Waals surface area contributed by atoms with E-state index >= 15 is 0 Å². The smallest absolute Gasteiger partial charge is 0.325 e. The van der Waals surface area contributed by atoms with Crippen LogP contribution in [0.2, 0.25) is 0 Å². The largest absolute Gasteiger partial charge is 0.480 e. The fourth-order valence-electron chi connectivity index (χ4n) is 3.38. The molecule has 0 spiro atoms. The maximum atomic E-state index is 13.1. The Morgan fingerprint density at radius 3 is 2.57 bits per heavy atom. The first-order valence-electron chi connectivity index (χ1n) is 9.55. The molecule has 2 aromatic rings. The minimum atomic E-state index is -1.13. The lowest BCUT2D eigenvalue weighted by Gasteiger charge is -2.15. The standard InChI is InChI=1S/C20H22N4O5S/c25-16(22-11-17(26)27)10-12-5-6-15(23-19(29)24-20-21-7-8-30-20)14(9-12)18(28)13-3-1-2-4-13/h5-9,13H,1-4,10-11H2,(H,22,25)(H,26,27)(H2,21,23,24,29). The molecule has 0 saturated heterocycles. The zero-order chi connectivity index (χ0) is 21.5. The first-order chi connectivity index (χ1) is 14.4. The lowest BCUT2D eigenvalue weighted by molar-refractivity contribution is -0.137. The van der Waals surface area contributed by atoms with Gasteiger partial charge in [0, 0.05) is 23.1 Å². The lowest BCUT2D eigenvalue weighted by atomic mass is 9.93. The van der Waals surface area contributed by atoms with E-state index in [4.69, 9.17) is 5.11 Å². The average molecular weight is 430 g/mol. The molecule has 1 saturated carbocycles. The molecule has 3 amide bonds. The molecule has 9 nitrogen and oxygen atoms in total. The van der Waals surface area contributed by atoms with Crippen LogP contribution in [0.5, 0.6) is 0 Å². The van der Waals surface area contributed by atoms with Gasteiger partial charge in [-0.25, -0.2) is 9.78 Å². The van der Waals surface area contributed by atoms with E-state index in [1.54, 1.807) is 29.8 Å². The second-order valence-electron chi connectivity index (χ2n) is 6.99. The highest BCUT2D eigenvalue weighted by atomic mass is 32.1. The Labute approximate surface area is 176 Å². The molecule has 3 rings (SSSR count). The zero-order valence-electron chi connectivity index (χ0n) is 16.1. The summed E-state index contributed by atoms with van der Waals surface area (Å²) in [7, 11) is 0. The molecule has 0 bridgehead atoms. The molecule has 1 fully saturated rings. The van der Waals surface area contributed by atoms with E-state index in [9.17, 15) is 19.2 Å². The number of carbonyl (C=O) groups is 4. The number of carboxylic acid groups (broad SMARTS) is 1. The quantitative estimate of drug-likeness (QED) is 0.475. The van der Waals surface area contributed by atoms with Gasteiger partial charge in [-0.05, 0) is 30.5 Å². The van der Waals surface area contributed by atoms with Crippen LogP contribution in [0, 0.1) is 5.92 Å². The number of anilines is 2. The number of rotatable bonds is 8. The summed E-state index contributed by atoms with van der Waals surface area (Å²) in [5.41, 5.74) is 1.26. The fraction of sp³-hybridized carbons (Fsp3) is 0.350. The number of benzene rings is 1. The number of thiazole rings is 1. The molecular formula is C20H22N4O5S. The number of amides is 3. The number of hydrogen-bond acceptors (Lipinski definition) is 6. The van der Waals surface area contributed by atoms with Gasteiger partial charge in [0.05, 0.1) is 12.1 Å². The minimum Gasteiger partial charge on any atom is -0.480 e. The van der Waals surface area contributed by atoms with Crippen molar-refractivity contribution in [2.45, 2.75) is 32.1 Å². The molecule has 0 aliphatic heterocycles. The number of urea groups is 1. The predicted molar refractivity (Wildman–Crippen MR) is 112 cm³/mol. The van der Waals surface area contributed by atoms with E-state index in [2.05, 4.69) is 20.9 Å². The number of aliphatic carboxylic acids is 1. The number of nitrogens with one attached hydrogen (secondary N) is 3. The number of carboxylic acids is 1. The Kier molecular flexibility index (Phi) is 7.12. The Morgan fingerprint density at radius 2 is 1.90 bits per heavy atom. The normalized spacial score (nSPS) is 13.6. The first-order valence-corrected chi connectivity index (χ1v) is 10.4. The van der Waals surface area contributed by atoms with Crippen molar-refractivity contribution in [3.8, 4) is 0 Å². The summed E-state index contributed by atoms with van der Waals surface area (Å²) in [6, 6.07) is 4.30. The van der Waals surface area contributed by atoms with Crippen molar-refractivity contribution in [2.24, 2.45) is 5.92 Å². The van der Waals surface area contributed by atoms with E-state index in [1.807, 2.05) is 0 Å². The molecule has 158 valence electrons. The number of Topliss-reactive ketones (excluding diaryl/α,β-unsaturated/α-hetero) is 1. The van der Waals surface area contributed by atoms with Crippen molar-refractivity contribution in [2.75, 3.05) is 17.2 Å². The summed E-state index contributed by atoms with van der Waals surface area (Å²) in [5, 5.41) is 18.4. The van der Waals surface area contributed by atoms with Crippen LogP contribution in [0.15, 0.2) is 29.8 Å². The number of nitrogens with zero attached hydrogens (tertiary/aromatic N) is 1. The van der Waals surface area contributed by atoms with Crippen molar-refractivity contribution < 1.29 is 24.3 Å². The van der Waals surface area contributed by atoms with Crippen LogP contribution in [0.4, 0.5) is 15.6 Å². The molecule has 0 atom stereocenters. The molecule has 1 aromatic heterocycles. The maximum absolute atomic E-state index is 13.1. The van der Waals surface area contributed by atoms with Crippen molar-refractivity contribution in [1.29, 1.82) is 0 Å². The number of ketones is 1. The molecular weight excluding hydrogens is 408 g/mol.